The summed E-state index contributed by atoms with van der Waals surface area (Å²) in [5.74, 6) is 0.149. The third-order valence-electron chi connectivity index (χ3n) is 6.15. The highest BCUT2D eigenvalue weighted by Gasteiger charge is 2.17. The van der Waals surface area contributed by atoms with E-state index in [4.69, 9.17) is 9.40 Å². The summed E-state index contributed by atoms with van der Waals surface area (Å²) < 4.78 is 21.1. The number of pyridine rings is 1. The molecular weight excluding hydrogens is 397 g/mol. The van der Waals surface area contributed by atoms with Gasteiger partial charge in [-0.15, -0.1) is 0 Å². The number of rotatable bonds is 4. The molecule has 0 N–H and O–H groups in total. The van der Waals surface area contributed by atoms with Gasteiger partial charge >= 0.3 is 0 Å². The number of hydrogen-bond acceptors (Lipinski definition) is 2. The predicted octanol–water partition coefficient (Wildman–Crippen LogP) is 8.70. The summed E-state index contributed by atoms with van der Waals surface area (Å²) in [6.45, 7) is 8.12. The normalized spacial score (nSPS) is 11.8. The molecule has 0 aliphatic rings. The second kappa shape index (κ2) is 7.90. The summed E-state index contributed by atoms with van der Waals surface area (Å²) in [7, 11) is 0. The molecule has 5 aromatic rings. The highest BCUT2D eigenvalue weighted by molar-refractivity contribution is 6.09. The van der Waals surface area contributed by atoms with Crippen LogP contribution in [-0.2, 0) is 0 Å². The van der Waals surface area contributed by atoms with E-state index in [0.717, 1.165) is 55.4 Å². The molecule has 5 rings (SSSR count). The highest BCUT2D eigenvalue weighted by Crippen LogP contribution is 2.36. The average molecular weight is 424 g/mol. The van der Waals surface area contributed by atoms with Crippen LogP contribution in [0.15, 0.2) is 77.3 Å². The Bertz CT molecular complexity index is 1400. The second-order valence-corrected chi connectivity index (χ2v) is 8.99. The minimum atomic E-state index is -0.0834. The van der Waals surface area contributed by atoms with E-state index in [1.807, 2.05) is 82.4 Å². The molecule has 0 aliphatic carbocycles. The molecule has 0 unspecified atom stereocenters. The van der Waals surface area contributed by atoms with Crippen LogP contribution in [0.3, 0.4) is 0 Å². The summed E-state index contributed by atoms with van der Waals surface area (Å²) in [6.07, 6.45) is 1.87. The molecule has 0 bridgehead atoms. The van der Waals surface area contributed by atoms with Crippen LogP contribution >= 0.6 is 0 Å². The molecule has 32 heavy (non-hydrogen) atoms. The molecule has 2 heterocycles. The maximum absolute atomic E-state index is 15.0. The molecule has 0 spiro atoms. The van der Waals surface area contributed by atoms with E-state index in [1.165, 1.54) is 0 Å². The van der Waals surface area contributed by atoms with Crippen molar-refractivity contribution in [3.8, 4) is 22.4 Å². The predicted molar refractivity (Wildman–Crippen MR) is 131 cm³/mol. The fourth-order valence-corrected chi connectivity index (χ4v) is 4.35. The fraction of sp³-hybridized carbons (Fsp3) is 0.207. The Morgan fingerprint density at radius 3 is 2.09 bits per heavy atom. The van der Waals surface area contributed by atoms with E-state index in [1.54, 1.807) is 0 Å². The van der Waals surface area contributed by atoms with Gasteiger partial charge in [-0.05, 0) is 58.9 Å². The lowest BCUT2D eigenvalue weighted by atomic mass is 9.90. The number of aromatic nitrogens is 1. The quantitative estimate of drug-likeness (QED) is 0.289. The zero-order valence-electron chi connectivity index (χ0n) is 18.8. The van der Waals surface area contributed by atoms with Crippen LogP contribution in [0.4, 0.5) is 4.39 Å². The molecule has 3 aromatic carbocycles. The Morgan fingerprint density at radius 2 is 1.44 bits per heavy atom. The highest BCUT2D eigenvalue weighted by atomic mass is 19.1. The second-order valence-electron chi connectivity index (χ2n) is 8.99. The van der Waals surface area contributed by atoms with E-state index in [-0.39, 0.29) is 17.7 Å². The Kier molecular flexibility index (Phi) is 5.05. The number of halogens is 1. The Balaban J connectivity index is 1.60. The van der Waals surface area contributed by atoms with Crippen molar-refractivity contribution in [1.82, 2.24) is 4.98 Å². The van der Waals surface area contributed by atoms with Gasteiger partial charge in [-0.25, -0.2) is 4.39 Å². The van der Waals surface area contributed by atoms with Gasteiger partial charge in [0.1, 0.15) is 17.0 Å². The third kappa shape index (κ3) is 3.38. The molecule has 0 saturated heterocycles. The SMILES string of the molecule is CC(C)c1cc(-c2ccc(-c3cccc4c3oc3ccccc34)nc2)cc(C(C)C)c1F. The lowest BCUT2D eigenvalue weighted by Crippen LogP contribution is -2.02. The average Bonchev–Trinajstić information content (AvgIpc) is 3.18. The molecule has 160 valence electrons. The Hall–Kier alpha value is -3.46. The molecule has 0 aliphatic heterocycles. The number of hydrogen-bond donors (Lipinski definition) is 0. The van der Waals surface area contributed by atoms with Crippen LogP contribution in [0.1, 0.15) is 50.7 Å². The van der Waals surface area contributed by atoms with Crippen molar-refractivity contribution in [2.45, 2.75) is 39.5 Å². The van der Waals surface area contributed by atoms with Crippen molar-refractivity contribution in [3.05, 3.63) is 89.9 Å². The van der Waals surface area contributed by atoms with Crippen molar-refractivity contribution in [2.24, 2.45) is 0 Å². The molecule has 2 nitrogen and oxygen atoms in total. The lowest BCUT2D eigenvalue weighted by Gasteiger charge is -2.16. The van der Waals surface area contributed by atoms with Crippen molar-refractivity contribution in [1.29, 1.82) is 0 Å². The first-order valence-corrected chi connectivity index (χ1v) is 11.1. The van der Waals surface area contributed by atoms with Crippen LogP contribution < -0.4 is 0 Å². The van der Waals surface area contributed by atoms with Crippen molar-refractivity contribution in [2.75, 3.05) is 0 Å². The monoisotopic (exact) mass is 423 g/mol. The zero-order chi connectivity index (χ0) is 22.4. The Labute approximate surface area is 187 Å². The molecule has 3 heteroatoms. The minimum absolute atomic E-state index is 0.0834. The smallest absolute Gasteiger partial charge is 0.144 e. The van der Waals surface area contributed by atoms with E-state index < -0.39 is 0 Å². The maximum Gasteiger partial charge on any atom is 0.144 e. The third-order valence-corrected chi connectivity index (χ3v) is 6.15. The standard InChI is InChI=1S/C29H26FNO/c1-17(2)24-14-20(15-25(18(3)4)28(24)30)19-12-13-26(31-16-19)23-10-7-9-22-21-8-5-6-11-27(21)32-29(22)23/h5-18H,1-4H3. The van der Waals surface area contributed by atoms with Gasteiger partial charge in [0.15, 0.2) is 0 Å². The van der Waals surface area contributed by atoms with Crippen LogP contribution in [0.5, 0.6) is 0 Å². The molecule has 0 radical (unpaired) electrons. The van der Waals surface area contributed by atoms with Gasteiger partial charge in [0.25, 0.3) is 0 Å². The zero-order valence-corrected chi connectivity index (χ0v) is 18.8. The number of para-hydroxylation sites is 2. The minimum Gasteiger partial charge on any atom is -0.455 e. The van der Waals surface area contributed by atoms with Gasteiger partial charge in [0.05, 0.1) is 5.69 Å². The molecule has 0 amide bonds. The molecule has 0 fully saturated rings. The van der Waals surface area contributed by atoms with Crippen LogP contribution in [0.2, 0.25) is 0 Å². The van der Waals surface area contributed by atoms with Gasteiger partial charge in [-0.2, -0.15) is 0 Å². The number of furan rings is 1. The van der Waals surface area contributed by atoms with Crippen molar-refractivity contribution < 1.29 is 8.81 Å². The maximum atomic E-state index is 15.0. The van der Waals surface area contributed by atoms with E-state index in [9.17, 15) is 4.39 Å². The van der Waals surface area contributed by atoms with Gasteiger partial charge < -0.3 is 4.42 Å². The number of benzene rings is 3. The summed E-state index contributed by atoms with van der Waals surface area (Å²) in [5.41, 5.74) is 7.03. The van der Waals surface area contributed by atoms with Crippen LogP contribution in [0.25, 0.3) is 44.3 Å². The van der Waals surface area contributed by atoms with Gasteiger partial charge in [-0.3, -0.25) is 4.98 Å². The van der Waals surface area contributed by atoms with Crippen LogP contribution in [-0.4, -0.2) is 4.98 Å². The summed E-state index contributed by atoms with van der Waals surface area (Å²) in [5, 5.41) is 2.19. The summed E-state index contributed by atoms with van der Waals surface area (Å²) >= 11 is 0. The largest absolute Gasteiger partial charge is 0.455 e. The summed E-state index contributed by atoms with van der Waals surface area (Å²) in [4.78, 5) is 4.76. The fourth-order valence-electron chi connectivity index (χ4n) is 4.35. The first kappa shape index (κ1) is 20.4. The Morgan fingerprint density at radius 1 is 0.750 bits per heavy atom. The summed E-state index contributed by atoms with van der Waals surface area (Å²) in [6, 6.07) is 22.2. The van der Waals surface area contributed by atoms with Gasteiger partial charge in [0.2, 0.25) is 0 Å². The number of nitrogens with zero attached hydrogens (tertiary/aromatic N) is 1. The molecule has 0 atom stereocenters. The number of fused-ring (bicyclic) bond motifs is 3. The van der Waals surface area contributed by atoms with Gasteiger partial charge in [0, 0.05) is 28.1 Å². The van der Waals surface area contributed by atoms with Gasteiger partial charge in [-0.1, -0.05) is 64.1 Å². The first-order chi connectivity index (χ1) is 15.4. The van der Waals surface area contributed by atoms with Crippen molar-refractivity contribution >= 4 is 21.9 Å². The van der Waals surface area contributed by atoms with E-state index >= 15 is 0 Å². The van der Waals surface area contributed by atoms with E-state index in [2.05, 4.69) is 18.2 Å². The molecule has 0 saturated carbocycles. The first-order valence-electron chi connectivity index (χ1n) is 11.1. The topological polar surface area (TPSA) is 26.0 Å². The molecular formula is C29H26FNO. The van der Waals surface area contributed by atoms with E-state index in [0.29, 0.717) is 0 Å². The lowest BCUT2D eigenvalue weighted by molar-refractivity contribution is 0.573. The van der Waals surface area contributed by atoms with Crippen LogP contribution in [0, 0.1) is 5.82 Å². The molecule has 2 aromatic heterocycles. The van der Waals surface area contributed by atoms with Crippen molar-refractivity contribution in [3.63, 3.8) is 0 Å².